The first kappa shape index (κ1) is 14.1. The van der Waals surface area contributed by atoms with E-state index in [-0.39, 0.29) is 0 Å². The first-order chi connectivity index (χ1) is 10.7. The Morgan fingerprint density at radius 2 is 2.05 bits per heavy atom. The molecule has 2 aromatic heterocycles. The lowest BCUT2D eigenvalue weighted by molar-refractivity contribution is 0.517. The highest BCUT2D eigenvalue weighted by molar-refractivity contribution is 5.56. The molecule has 1 aromatic carbocycles. The fourth-order valence-electron chi connectivity index (χ4n) is 1.98. The number of hydrogen-bond acceptors (Lipinski definition) is 6. The van der Waals surface area contributed by atoms with Crippen LogP contribution in [0.15, 0.2) is 47.2 Å². The van der Waals surface area contributed by atoms with Crippen LogP contribution in [0.5, 0.6) is 0 Å². The molecular weight excluding hydrogens is 278 g/mol. The molecule has 2 heterocycles. The van der Waals surface area contributed by atoms with Gasteiger partial charge in [-0.2, -0.15) is 10.1 Å². The second kappa shape index (κ2) is 6.26. The maximum Gasteiger partial charge on any atom is 0.249 e. The fraction of sp³-hybridized carbons (Fsp3) is 0.188. The molecule has 3 aromatic rings. The molecule has 0 unspecified atom stereocenters. The third-order valence-electron chi connectivity index (χ3n) is 3.35. The van der Waals surface area contributed by atoms with Crippen LogP contribution in [0.1, 0.15) is 16.9 Å². The molecule has 3 rings (SSSR count). The van der Waals surface area contributed by atoms with Crippen LogP contribution >= 0.6 is 0 Å². The Labute approximate surface area is 128 Å². The van der Waals surface area contributed by atoms with Gasteiger partial charge in [0.15, 0.2) is 5.82 Å². The summed E-state index contributed by atoms with van der Waals surface area (Å²) in [5.41, 5.74) is 3.40. The molecule has 0 radical (unpaired) electrons. The Kier molecular flexibility index (Phi) is 4.00. The summed E-state index contributed by atoms with van der Waals surface area (Å²) < 4.78 is 5.26. The van der Waals surface area contributed by atoms with E-state index in [9.17, 15) is 0 Å². The molecule has 0 fully saturated rings. The monoisotopic (exact) mass is 295 g/mol. The Morgan fingerprint density at radius 1 is 1.14 bits per heavy atom. The highest BCUT2D eigenvalue weighted by Crippen LogP contribution is 2.17. The lowest BCUT2D eigenvalue weighted by atomic mass is 10.1. The first-order valence-corrected chi connectivity index (χ1v) is 7.01. The van der Waals surface area contributed by atoms with Crippen molar-refractivity contribution in [1.82, 2.24) is 15.2 Å². The van der Waals surface area contributed by atoms with Crippen molar-refractivity contribution in [3.63, 3.8) is 0 Å². The van der Waals surface area contributed by atoms with E-state index in [0.29, 0.717) is 18.3 Å². The second-order valence-corrected chi connectivity index (χ2v) is 5.02. The van der Waals surface area contributed by atoms with Crippen molar-refractivity contribution >= 4 is 17.5 Å². The Morgan fingerprint density at radius 3 is 2.82 bits per heavy atom. The average molecular weight is 295 g/mol. The number of rotatable bonds is 5. The number of benzene rings is 1. The lowest BCUT2D eigenvalue weighted by Crippen LogP contribution is -2.05. The zero-order valence-electron chi connectivity index (χ0n) is 12.5. The zero-order chi connectivity index (χ0) is 15.4. The number of anilines is 3. The van der Waals surface area contributed by atoms with Gasteiger partial charge in [0.1, 0.15) is 5.76 Å². The molecule has 0 aliphatic rings. The summed E-state index contributed by atoms with van der Waals surface area (Å²) in [6, 6.07) is 9.86. The van der Waals surface area contributed by atoms with Crippen LogP contribution in [0.3, 0.4) is 0 Å². The average Bonchev–Trinajstić information content (AvgIpc) is 3.03. The number of nitrogens with zero attached hydrogens (tertiary/aromatic N) is 3. The Bertz CT molecular complexity index is 755. The van der Waals surface area contributed by atoms with Crippen molar-refractivity contribution in [2.45, 2.75) is 20.4 Å². The highest BCUT2D eigenvalue weighted by atomic mass is 16.3. The van der Waals surface area contributed by atoms with E-state index in [1.54, 1.807) is 12.5 Å². The lowest BCUT2D eigenvalue weighted by Gasteiger charge is -2.08. The van der Waals surface area contributed by atoms with E-state index in [2.05, 4.69) is 51.8 Å². The number of furan rings is 1. The molecule has 0 aliphatic heterocycles. The number of nitrogens with one attached hydrogen (secondary N) is 2. The van der Waals surface area contributed by atoms with Gasteiger partial charge in [-0.15, -0.1) is 5.10 Å². The second-order valence-electron chi connectivity index (χ2n) is 5.02. The van der Waals surface area contributed by atoms with Crippen LogP contribution in [0.4, 0.5) is 17.5 Å². The van der Waals surface area contributed by atoms with Crippen LogP contribution in [-0.4, -0.2) is 15.2 Å². The molecule has 0 saturated heterocycles. The van der Waals surface area contributed by atoms with Crippen molar-refractivity contribution in [3.05, 3.63) is 59.7 Å². The number of aryl methyl sites for hydroxylation is 2. The van der Waals surface area contributed by atoms with Gasteiger partial charge < -0.3 is 15.1 Å². The number of hydrogen-bond donors (Lipinski definition) is 2. The third-order valence-corrected chi connectivity index (χ3v) is 3.35. The van der Waals surface area contributed by atoms with Crippen molar-refractivity contribution in [2.75, 3.05) is 10.6 Å². The van der Waals surface area contributed by atoms with Gasteiger partial charge in [0.05, 0.1) is 19.0 Å². The molecule has 6 nitrogen and oxygen atoms in total. The molecule has 0 bridgehead atoms. The topological polar surface area (TPSA) is 75.9 Å². The van der Waals surface area contributed by atoms with Crippen LogP contribution in [0.25, 0.3) is 0 Å². The Hall–Kier alpha value is -2.89. The SMILES string of the molecule is Cc1ccc(Nc2nncc(NCc3ccco3)n2)cc1C. The maximum atomic E-state index is 5.26. The predicted octanol–water partition coefficient (Wildman–Crippen LogP) is 3.44. The summed E-state index contributed by atoms with van der Waals surface area (Å²) in [7, 11) is 0. The van der Waals surface area contributed by atoms with Crippen molar-refractivity contribution in [1.29, 1.82) is 0 Å². The molecule has 0 aliphatic carbocycles. The molecule has 0 spiro atoms. The van der Waals surface area contributed by atoms with Crippen LogP contribution in [0, 0.1) is 13.8 Å². The molecule has 2 N–H and O–H groups in total. The third kappa shape index (κ3) is 3.41. The number of aromatic nitrogens is 3. The van der Waals surface area contributed by atoms with E-state index < -0.39 is 0 Å². The van der Waals surface area contributed by atoms with E-state index in [4.69, 9.17) is 4.42 Å². The van der Waals surface area contributed by atoms with Gasteiger partial charge in [0, 0.05) is 5.69 Å². The van der Waals surface area contributed by atoms with Gasteiger partial charge in [-0.1, -0.05) is 6.07 Å². The van der Waals surface area contributed by atoms with E-state index in [1.165, 1.54) is 11.1 Å². The van der Waals surface area contributed by atoms with E-state index in [1.807, 2.05) is 18.2 Å². The summed E-state index contributed by atoms with van der Waals surface area (Å²) in [6.45, 7) is 4.70. The maximum absolute atomic E-state index is 5.26. The van der Waals surface area contributed by atoms with E-state index in [0.717, 1.165) is 11.4 Å². The highest BCUT2D eigenvalue weighted by Gasteiger charge is 2.03. The normalized spacial score (nSPS) is 10.5. The molecule has 22 heavy (non-hydrogen) atoms. The minimum Gasteiger partial charge on any atom is -0.467 e. The minimum atomic E-state index is 0.452. The first-order valence-electron chi connectivity index (χ1n) is 7.01. The standard InChI is InChI=1S/C16H17N5O/c1-11-5-6-13(8-12(11)2)19-16-20-15(10-18-21-16)17-9-14-4-3-7-22-14/h3-8,10H,9H2,1-2H3,(H2,17,19,20,21). The largest absolute Gasteiger partial charge is 0.467 e. The molecule has 0 atom stereocenters. The van der Waals surface area contributed by atoms with Crippen molar-refractivity contribution in [3.8, 4) is 0 Å². The van der Waals surface area contributed by atoms with Crippen molar-refractivity contribution < 1.29 is 4.42 Å². The van der Waals surface area contributed by atoms with Gasteiger partial charge in [0.25, 0.3) is 0 Å². The van der Waals surface area contributed by atoms with Gasteiger partial charge in [-0.05, 0) is 49.2 Å². The summed E-state index contributed by atoms with van der Waals surface area (Å²) in [4.78, 5) is 4.38. The smallest absolute Gasteiger partial charge is 0.249 e. The summed E-state index contributed by atoms with van der Waals surface area (Å²) in [5, 5.41) is 14.3. The molecule has 112 valence electrons. The molecule has 6 heteroatoms. The Balaban J connectivity index is 1.69. The van der Waals surface area contributed by atoms with E-state index >= 15 is 0 Å². The summed E-state index contributed by atoms with van der Waals surface area (Å²) >= 11 is 0. The molecule has 0 saturated carbocycles. The van der Waals surface area contributed by atoms with Gasteiger partial charge in [0.2, 0.25) is 5.95 Å². The molecular formula is C16H17N5O. The summed E-state index contributed by atoms with van der Waals surface area (Å²) in [5.74, 6) is 1.92. The van der Waals surface area contributed by atoms with Crippen molar-refractivity contribution in [2.24, 2.45) is 0 Å². The van der Waals surface area contributed by atoms with Gasteiger partial charge in [-0.3, -0.25) is 0 Å². The predicted molar refractivity (Wildman–Crippen MR) is 85.1 cm³/mol. The van der Waals surface area contributed by atoms with Crippen LogP contribution in [0.2, 0.25) is 0 Å². The van der Waals surface area contributed by atoms with Crippen LogP contribution < -0.4 is 10.6 Å². The van der Waals surface area contributed by atoms with Crippen LogP contribution in [-0.2, 0) is 6.54 Å². The fourth-order valence-corrected chi connectivity index (χ4v) is 1.98. The molecule has 0 amide bonds. The quantitative estimate of drug-likeness (QED) is 0.751. The minimum absolute atomic E-state index is 0.452. The summed E-state index contributed by atoms with van der Waals surface area (Å²) in [6.07, 6.45) is 3.22. The zero-order valence-corrected chi connectivity index (χ0v) is 12.5. The van der Waals surface area contributed by atoms with Gasteiger partial charge in [-0.25, -0.2) is 0 Å². The van der Waals surface area contributed by atoms with Gasteiger partial charge >= 0.3 is 0 Å².